The van der Waals surface area contributed by atoms with Crippen LogP contribution in [0.2, 0.25) is 5.28 Å². The van der Waals surface area contributed by atoms with E-state index in [1.807, 2.05) is 0 Å². The number of benzene rings is 1. The van der Waals surface area contributed by atoms with E-state index in [1.54, 1.807) is 37.4 Å². The van der Waals surface area contributed by atoms with E-state index in [4.69, 9.17) is 27.5 Å². The zero-order chi connectivity index (χ0) is 27.0. The first-order chi connectivity index (χ1) is 17.6. The van der Waals surface area contributed by atoms with Crippen molar-refractivity contribution >= 4 is 40.5 Å². The first-order valence-corrected chi connectivity index (χ1v) is 11.2. The minimum atomic E-state index is -2.73. The SMILES string of the molecule is C#C[C@@]1(O)[C@@H](COC(Cc2ccccc2)(C(=O)O)C(=O)O)O[C@@H](n2cnc3c(NC)nc(Cl)nc32)[C@@H]1O. The molecule has 2 aromatic heterocycles. The number of nitrogens with zero attached hydrogens (tertiary/aromatic N) is 4. The maximum atomic E-state index is 12.1. The predicted molar refractivity (Wildman–Crippen MR) is 128 cm³/mol. The molecule has 0 aliphatic carbocycles. The molecule has 4 rings (SSSR count). The summed E-state index contributed by atoms with van der Waals surface area (Å²) in [5, 5.41) is 44.4. The molecule has 194 valence electrons. The van der Waals surface area contributed by atoms with Gasteiger partial charge in [0.05, 0.1) is 12.9 Å². The summed E-state index contributed by atoms with van der Waals surface area (Å²) in [6.45, 7) is -0.788. The molecule has 1 saturated heterocycles. The molecule has 0 saturated carbocycles. The number of hydrogen-bond acceptors (Lipinski definition) is 10. The highest BCUT2D eigenvalue weighted by Gasteiger charge is 2.57. The van der Waals surface area contributed by atoms with Crippen LogP contribution in [0.5, 0.6) is 0 Å². The number of hydrogen-bond donors (Lipinski definition) is 5. The molecule has 13 nitrogen and oxygen atoms in total. The van der Waals surface area contributed by atoms with Crippen LogP contribution in [0.25, 0.3) is 11.2 Å². The van der Waals surface area contributed by atoms with E-state index in [0.717, 1.165) is 0 Å². The number of aromatic nitrogens is 4. The number of carboxylic acids is 2. The lowest BCUT2D eigenvalue weighted by molar-refractivity contribution is -0.191. The van der Waals surface area contributed by atoms with Gasteiger partial charge in [0.15, 0.2) is 28.8 Å². The van der Waals surface area contributed by atoms with Gasteiger partial charge in [0.2, 0.25) is 5.28 Å². The number of rotatable bonds is 9. The summed E-state index contributed by atoms with van der Waals surface area (Å²) < 4.78 is 12.5. The first-order valence-electron chi connectivity index (χ1n) is 10.8. The van der Waals surface area contributed by atoms with Gasteiger partial charge in [0.25, 0.3) is 5.60 Å². The third-order valence-corrected chi connectivity index (χ3v) is 6.29. The maximum absolute atomic E-state index is 12.1. The largest absolute Gasteiger partial charge is 0.479 e. The number of carboxylic acid groups (broad SMARTS) is 2. The molecule has 3 aromatic rings. The highest BCUT2D eigenvalue weighted by molar-refractivity contribution is 6.28. The second kappa shape index (κ2) is 9.92. The molecule has 1 fully saturated rings. The average molecular weight is 532 g/mol. The van der Waals surface area contributed by atoms with Crippen molar-refractivity contribution in [1.82, 2.24) is 19.5 Å². The minimum absolute atomic E-state index is 0.133. The van der Waals surface area contributed by atoms with Crippen LogP contribution in [0.4, 0.5) is 5.82 Å². The van der Waals surface area contributed by atoms with Crippen molar-refractivity contribution in [2.24, 2.45) is 0 Å². The van der Waals surface area contributed by atoms with Crippen molar-refractivity contribution in [2.45, 2.75) is 36.1 Å². The normalized spacial score (nSPS) is 23.6. The average Bonchev–Trinajstić information content (AvgIpc) is 3.40. The van der Waals surface area contributed by atoms with Gasteiger partial charge in [-0.1, -0.05) is 36.3 Å². The number of aliphatic hydroxyl groups is 2. The summed E-state index contributed by atoms with van der Waals surface area (Å²) in [4.78, 5) is 36.5. The number of fused-ring (bicyclic) bond motifs is 1. The molecular weight excluding hydrogens is 510 g/mol. The number of halogens is 1. The number of carbonyl (C=O) groups is 2. The molecule has 4 atom stereocenters. The van der Waals surface area contributed by atoms with Crippen molar-refractivity contribution in [3.8, 4) is 12.3 Å². The zero-order valence-corrected chi connectivity index (χ0v) is 20.0. The highest BCUT2D eigenvalue weighted by atomic mass is 35.5. The Kier molecular flexibility index (Phi) is 7.05. The van der Waals surface area contributed by atoms with Crippen LogP contribution in [0, 0.1) is 12.3 Å². The van der Waals surface area contributed by atoms with E-state index in [1.165, 1.54) is 10.9 Å². The third kappa shape index (κ3) is 4.45. The molecule has 3 heterocycles. The number of ether oxygens (including phenoxy) is 2. The topological polar surface area (TPSA) is 189 Å². The molecule has 14 heteroatoms. The number of anilines is 1. The van der Waals surface area contributed by atoms with E-state index in [-0.39, 0.29) is 16.4 Å². The maximum Gasteiger partial charge on any atom is 0.348 e. The summed E-state index contributed by atoms with van der Waals surface area (Å²) in [6.07, 6.45) is 1.58. The molecule has 0 bridgehead atoms. The van der Waals surface area contributed by atoms with Gasteiger partial charge in [-0.15, -0.1) is 6.42 Å². The summed E-state index contributed by atoms with van der Waals surface area (Å²) in [6, 6.07) is 8.01. The number of nitrogens with one attached hydrogen (secondary N) is 1. The fourth-order valence-corrected chi connectivity index (χ4v) is 4.25. The van der Waals surface area contributed by atoms with Crippen molar-refractivity contribution < 1.29 is 39.5 Å². The molecule has 1 aliphatic heterocycles. The Bertz CT molecular complexity index is 1360. The molecule has 5 N–H and O–H groups in total. The number of aliphatic carboxylic acids is 2. The zero-order valence-electron chi connectivity index (χ0n) is 19.3. The second-order valence-corrected chi connectivity index (χ2v) is 8.59. The second-order valence-electron chi connectivity index (χ2n) is 8.26. The predicted octanol–water partition coefficient (Wildman–Crippen LogP) is 0.311. The van der Waals surface area contributed by atoms with Crippen LogP contribution in [0.1, 0.15) is 11.8 Å². The van der Waals surface area contributed by atoms with Gasteiger partial charge in [0, 0.05) is 13.5 Å². The summed E-state index contributed by atoms with van der Waals surface area (Å²) in [5.41, 5.74) is -4.31. The van der Waals surface area contributed by atoms with E-state index < -0.39 is 54.6 Å². The Hall–Kier alpha value is -3.80. The fraction of sp³-hybridized carbons (Fsp3) is 0.348. The molecule has 0 spiro atoms. The first kappa shape index (κ1) is 26.3. The van der Waals surface area contributed by atoms with Crippen molar-refractivity contribution in [3.63, 3.8) is 0 Å². The molecule has 1 aliphatic rings. The standard InChI is InChI=1S/C23H22ClN5O8/c1-3-22(35)13(10-36-23(19(31)32,20(33)34)9-12-7-5-4-6-8-12)37-18(15(22)30)29-11-26-14-16(25-2)27-21(24)28-17(14)29/h1,4-8,11,13,15,18,30,35H,9-10H2,2H3,(H,31,32)(H,33,34)(H,25,27,28)/t13-,15+,18-,22-/m1/s1. The van der Waals surface area contributed by atoms with Gasteiger partial charge >= 0.3 is 11.9 Å². The van der Waals surface area contributed by atoms with Crippen molar-refractivity contribution in [1.29, 1.82) is 0 Å². The number of aliphatic hydroxyl groups excluding tert-OH is 1. The third-order valence-electron chi connectivity index (χ3n) is 6.12. The van der Waals surface area contributed by atoms with E-state index in [0.29, 0.717) is 11.4 Å². The van der Waals surface area contributed by atoms with Gasteiger partial charge in [-0.3, -0.25) is 4.57 Å². The van der Waals surface area contributed by atoms with Gasteiger partial charge in [-0.05, 0) is 17.2 Å². The Morgan fingerprint density at radius 1 is 1.30 bits per heavy atom. The summed E-state index contributed by atoms with van der Waals surface area (Å²) in [7, 11) is 1.59. The fourth-order valence-electron chi connectivity index (χ4n) is 4.09. The Balaban J connectivity index is 1.66. The van der Waals surface area contributed by atoms with Crippen LogP contribution in [-0.4, -0.2) is 88.9 Å². The van der Waals surface area contributed by atoms with Crippen molar-refractivity contribution in [3.05, 3.63) is 47.5 Å². The van der Waals surface area contributed by atoms with Crippen LogP contribution >= 0.6 is 11.6 Å². The van der Waals surface area contributed by atoms with E-state index in [2.05, 4.69) is 26.2 Å². The Morgan fingerprint density at radius 3 is 2.57 bits per heavy atom. The molecular formula is C23H22ClN5O8. The molecule has 0 radical (unpaired) electrons. The summed E-state index contributed by atoms with van der Waals surface area (Å²) >= 11 is 5.99. The smallest absolute Gasteiger partial charge is 0.348 e. The highest BCUT2D eigenvalue weighted by Crippen LogP contribution is 2.39. The van der Waals surface area contributed by atoms with Gasteiger partial charge in [-0.25, -0.2) is 14.6 Å². The molecule has 0 amide bonds. The Morgan fingerprint density at radius 2 is 1.97 bits per heavy atom. The van der Waals surface area contributed by atoms with E-state index in [9.17, 15) is 30.0 Å². The lowest BCUT2D eigenvalue weighted by atomic mass is 9.92. The number of terminal acetylenes is 1. The van der Waals surface area contributed by atoms with Crippen LogP contribution < -0.4 is 5.32 Å². The quantitative estimate of drug-likeness (QED) is 0.144. The Labute approximate surface area is 214 Å². The van der Waals surface area contributed by atoms with E-state index >= 15 is 0 Å². The minimum Gasteiger partial charge on any atom is -0.479 e. The molecule has 37 heavy (non-hydrogen) atoms. The lowest BCUT2D eigenvalue weighted by Crippen LogP contribution is -2.55. The van der Waals surface area contributed by atoms with Crippen LogP contribution in [-0.2, 0) is 25.5 Å². The monoisotopic (exact) mass is 531 g/mol. The number of imidazole rings is 1. The van der Waals surface area contributed by atoms with Gasteiger partial charge < -0.3 is 35.2 Å². The van der Waals surface area contributed by atoms with Crippen LogP contribution in [0.15, 0.2) is 36.7 Å². The molecule has 0 unspecified atom stereocenters. The molecule has 1 aromatic carbocycles. The van der Waals surface area contributed by atoms with Crippen molar-refractivity contribution in [2.75, 3.05) is 19.0 Å². The lowest BCUT2D eigenvalue weighted by Gasteiger charge is -2.30. The van der Waals surface area contributed by atoms with Gasteiger partial charge in [0.1, 0.15) is 12.2 Å². The van der Waals surface area contributed by atoms with Crippen LogP contribution in [0.3, 0.4) is 0 Å². The van der Waals surface area contributed by atoms with Gasteiger partial charge in [-0.2, -0.15) is 9.97 Å². The summed E-state index contributed by atoms with van der Waals surface area (Å²) in [5.74, 6) is -1.18.